The lowest BCUT2D eigenvalue weighted by atomic mass is 9.96. The van der Waals surface area contributed by atoms with Crippen LogP contribution in [0.1, 0.15) is 33.0 Å². The van der Waals surface area contributed by atoms with Gasteiger partial charge in [-0.1, -0.05) is 20.8 Å². The van der Waals surface area contributed by atoms with Crippen molar-refractivity contribution in [1.29, 1.82) is 0 Å². The van der Waals surface area contributed by atoms with Gasteiger partial charge in [0.1, 0.15) is 16.2 Å². The SMILES string of the molecule is CC(C)(C)c1nc(Br)cc(NC2CNC(=O)C2)n1. The van der Waals surface area contributed by atoms with Crippen molar-refractivity contribution in [3.05, 3.63) is 16.5 Å². The van der Waals surface area contributed by atoms with E-state index in [9.17, 15) is 4.79 Å². The molecule has 1 fully saturated rings. The smallest absolute Gasteiger partial charge is 0.222 e. The van der Waals surface area contributed by atoms with Crippen LogP contribution in [-0.2, 0) is 10.2 Å². The lowest BCUT2D eigenvalue weighted by molar-refractivity contribution is -0.119. The van der Waals surface area contributed by atoms with Crippen molar-refractivity contribution in [1.82, 2.24) is 15.3 Å². The number of carbonyl (C=O) groups excluding carboxylic acids is 1. The van der Waals surface area contributed by atoms with Crippen LogP contribution in [0.15, 0.2) is 10.7 Å². The topological polar surface area (TPSA) is 66.9 Å². The summed E-state index contributed by atoms with van der Waals surface area (Å²) in [6.07, 6.45) is 0.493. The third-order valence-electron chi connectivity index (χ3n) is 2.70. The summed E-state index contributed by atoms with van der Waals surface area (Å²) in [6, 6.07) is 1.94. The fourth-order valence-corrected chi connectivity index (χ4v) is 2.13. The number of anilines is 1. The summed E-state index contributed by atoms with van der Waals surface area (Å²) in [5, 5.41) is 6.05. The second-order valence-electron chi connectivity index (χ2n) is 5.50. The maximum absolute atomic E-state index is 11.1. The molecule has 1 aromatic heterocycles. The van der Waals surface area contributed by atoms with E-state index in [1.807, 2.05) is 6.07 Å². The molecule has 1 unspecified atom stereocenters. The fraction of sp³-hybridized carbons (Fsp3) is 0.583. The lowest BCUT2D eigenvalue weighted by Gasteiger charge is -2.19. The Morgan fingerprint density at radius 3 is 2.72 bits per heavy atom. The van der Waals surface area contributed by atoms with Crippen LogP contribution in [-0.4, -0.2) is 28.5 Å². The first-order valence-electron chi connectivity index (χ1n) is 5.93. The van der Waals surface area contributed by atoms with E-state index < -0.39 is 0 Å². The highest BCUT2D eigenvalue weighted by Crippen LogP contribution is 2.23. The summed E-state index contributed by atoms with van der Waals surface area (Å²) in [5.41, 5.74) is -0.107. The highest BCUT2D eigenvalue weighted by atomic mass is 79.9. The molecule has 1 amide bonds. The average molecular weight is 313 g/mol. The minimum absolute atomic E-state index is 0.0802. The van der Waals surface area contributed by atoms with E-state index in [1.54, 1.807) is 0 Å². The molecule has 98 valence electrons. The van der Waals surface area contributed by atoms with Crippen LogP contribution in [0.2, 0.25) is 0 Å². The molecular weight excluding hydrogens is 296 g/mol. The van der Waals surface area contributed by atoms with Crippen LogP contribution in [0.3, 0.4) is 0 Å². The number of amides is 1. The van der Waals surface area contributed by atoms with Gasteiger partial charge in [-0.3, -0.25) is 4.79 Å². The number of nitrogens with one attached hydrogen (secondary N) is 2. The molecule has 1 saturated heterocycles. The maximum atomic E-state index is 11.1. The first-order valence-corrected chi connectivity index (χ1v) is 6.72. The van der Waals surface area contributed by atoms with Gasteiger partial charge in [0, 0.05) is 24.4 Å². The number of nitrogens with zero attached hydrogens (tertiary/aromatic N) is 2. The molecule has 0 radical (unpaired) electrons. The quantitative estimate of drug-likeness (QED) is 0.818. The Labute approximate surface area is 115 Å². The molecule has 0 bridgehead atoms. The Balaban J connectivity index is 2.18. The minimum atomic E-state index is -0.107. The molecule has 5 nitrogen and oxygen atoms in total. The predicted molar refractivity (Wildman–Crippen MR) is 73.5 cm³/mol. The van der Waals surface area contributed by atoms with E-state index in [0.29, 0.717) is 13.0 Å². The highest BCUT2D eigenvalue weighted by Gasteiger charge is 2.23. The van der Waals surface area contributed by atoms with Gasteiger partial charge >= 0.3 is 0 Å². The molecule has 2 rings (SSSR count). The zero-order valence-electron chi connectivity index (χ0n) is 10.7. The van der Waals surface area contributed by atoms with Gasteiger partial charge in [-0.15, -0.1) is 0 Å². The molecule has 2 heterocycles. The number of hydrogen-bond donors (Lipinski definition) is 2. The van der Waals surface area contributed by atoms with E-state index in [2.05, 4.69) is 57.3 Å². The van der Waals surface area contributed by atoms with E-state index in [-0.39, 0.29) is 17.4 Å². The molecule has 0 aromatic carbocycles. The lowest BCUT2D eigenvalue weighted by Crippen LogP contribution is -2.24. The highest BCUT2D eigenvalue weighted by molar-refractivity contribution is 9.10. The third-order valence-corrected chi connectivity index (χ3v) is 3.10. The van der Waals surface area contributed by atoms with Crippen molar-refractivity contribution in [2.45, 2.75) is 38.6 Å². The summed E-state index contributed by atoms with van der Waals surface area (Å²) < 4.78 is 0.752. The molecule has 2 N–H and O–H groups in total. The Kier molecular flexibility index (Phi) is 3.56. The van der Waals surface area contributed by atoms with Crippen molar-refractivity contribution in [2.24, 2.45) is 0 Å². The molecule has 1 aromatic rings. The van der Waals surface area contributed by atoms with Crippen LogP contribution in [0.25, 0.3) is 0 Å². The molecule has 0 saturated carbocycles. The fourth-order valence-electron chi connectivity index (χ4n) is 1.74. The van der Waals surface area contributed by atoms with Crippen molar-refractivity contribution in [3.8, 4) is 0 Å². The number of carbonyl (C=O) groups is 1. The number of aromatic nitrogens is 2. The molecule has 1 aliphatic heterocycles. The van der Waals surface area contributed by atoms with Gasteiger partial charge < -0.3 is 10.6 Å². The van der Waals surface area contributed by atoms with Crippen LogP contribution < -0.4 is 10.6 Å². The van der Waals surface area contributed by atoms with Crippen LogP contribution >= 0.6 is 15.9 Å². The second-order valence-corrected chi connectivity index (χ2v) is 6.31. The van der Waals surface area contributed by atoms with Crippen molar-refractivity contribution in [2.75, 3.05) is 11.9 Å². The summed E-state index contributed by atoms with van der Waals surface area (Å²) >= 11 is 3.39. The summed E-state index contributed by atoms with van der Waals surface area (Å²) in [5.74, 6) is 1.61. The average Bonchev–Trinajstić information content (AvgIpc) is 2.61. The van der Waals surface area contributed by atoms with E-state index in [0.717, 1.165) is 16.2 Å². The molecule has 1 atom stereocenters. The number of rotatable bonds is 2. The van der Waals surface area contributed by atoms with Crippen LogP contribution in [0, 0.1) is 0 Å². The normalized spacial score (nSPS) is 19.8. The van der Waals surface area contributed by atoms with E-state index >= 15 is 0 Å². The minimum Gasteiger partial charge on any atom is -0.365 e. The zero-order valence-corrected chi connectivity index (χ0v) is 12.3. The van der Waals surface area contributed by atoms with Crippen molar-refractivity contribution < 1.29 is 4.79 Å². The zero-order chi connectivity index (χ0) is 13.3. The van der Waals surface area contributed by atoms with Gasteiger partial charge in [0.05, 0.1) is 6.04 Å². The predicted octanol–water partition coefficient (Wildman–Crippen LogP) is 1.84. The molecule has 1 aliphatic rings. The maximum Gasteiger partial charge on any atom is 0.222 e. The largest absolute Gasteiger partial charge is 0.365 e. The Morgan fingerprint density at radius 1 is 1.44 bits per heavy atom. The Hall–Kier alpha value is -1.17. The van der Waals surface area contributed by atoms with Gasteiger partial charge in [-0.2, -0.15) is 0 Å². The van der Waals surface area contributed by atoms with Gasteiger partial charge in [0.15, 0.2) is 0 Å². The van der Waals surface area contributed by atoms with Crippen LogP contribution in [0.4, 0.5) is 5.82 Å². The van der Waals surface area contributed by atoms with Gasteiger partial charge in [-0.05, 0) is 15.9 Å². The molecule has 18 heavy (non-hydrogen) atoms. The van der Waals surface area contributed by atoms with Crippen molar-refractivity contribution >= 4 is 27.7 Å². The summed E-state index contributed by atoms with van der Waals surface area (Å²) in [6.45, 7) is 6.85. The van der Waals surface area contributed by atoms with Crippen molar-refractivity contribution in [3.63, 3.8) is 0 Å². The standard InChI is InChI=1S/C12H17BrN4O/c1-12(2,3)11-16-8(13)5-9(17-11)15-7-4-10(18)14-6-7/h5,7H,4,6H2,1-3H3,(H,14,18)(H,15,16,17). The summed E-state index contributed by atoms with van der Waals surface area (Å²) in [7, 11) is 0. The number of hydrogen-bond acceptors (Lipinski definition) is 4. The van der Waals surface area contributed by atoms with Gasteiger partial charge in [-0.25, -0.2) is 9.97 Å². The molecule has 0 spiro atoms. The van der Waals surface area contributed by atoms with Gasteiger partial charge in [0.25, 0.3) is 0 Å². The van der Waals surface area contributed by atoms with E-state index in [1.165, 1.54) is 0 Å². The first-order chi connectivity index (χ1) is 8.34. The Bertz CT molecular complexity index is 470. The monoisotopic (exact) mass is 312 g/mol. The van der Waals surface area contributed by atoms with E-state index in [4.69, 9.17) is 0 Å². The third kappa shape index (κ3) is 3.19. The number of halogens is 1. The first kappa shape index (κ1) is 13.3. The molecule has 0 aliphatic carbocycles. The van der Waals surface area contributed by atoms with Gasteiger partial charge in [0.2, 0.25) is 5.91 Å². The van der Waals surface area contributed by atoms with Crippen LogP contribution in [0.5, 0.6) is 0 Å². The summed E-state index contributed by atoms with van der Waals surface area (Å²) in [4.78, 5) is 20.0. The Morgan fingerprint density at radius 2 is 2.17 bits per heavy atom. The molecule has 6 heteroatoms. The second kappa shape index (κ2) is 4.84. The molecular formula is C12H17BrN4O.